The van der Waals surface area contributed by atoms with Crippen LogP contribution in [0.3, 0.4) is 0 Å². The zero-order chi connectivity index (χ0) is 42.9. The summed E-state index contributed by atoms with van der Waals surface area (Å²) in [4.78, 5) is 0. The molecular weight excluding hydrogens is 773 g/mol. The molecule has 9 nitrogen and oxygen atoms in total. The third kappa shape index (κ3) is 27.4. The van der Waals surface area contributed by atoms with Crippen molar-refractivity contribution in [1.29, 1.82) is 0 Å². The van der Waals surface area contributed by atoms with Crippen molar-refractivity contribution in [3.05, 3.63) is 60.7 Å². The SMILES string of the molecule is CCCCCCCCCCCCCCCCCCOCCOCCOCCOCCOCCOCCOCCOCCO[Si](c1ccccc1)(c1ccccc1)C(C)(C)C. The topological polar surface area (TPSA) is 83.1 Å². The summed E-state index contributed by atoms with van der Waals surface area (Å²) in [5, 5.41) is 2.50. The minimum Gasteiger partial charge on any atom is -0.405 e. The monoisotopic (exact) mass is 861 g/mol. The minimum absolute atomic E-state index is 0.0510. The predicted octanol–water partition coefficient (Wildman–Crippen LogP) is 9.96. The molecule has 60 heavy (non-hydrogen) atoms. The van der Waals surface area contributed by atoms with E-state index in [1.54, 1.807) is 0 Å². The maximum absolute atomic E-state index is 6.86. The highest BCUT2D eigenvalue weighted by molar-refractivity contribution is 6.99. The van der Waals surface area contributed by atoms with Crippen LogP contribution >= 0.6 is 0 Å². The van der Waals surface area contributed by atoms with E-state index in [1.807, 2.05) is 0 Å². The number of rotatable bonds is 44. The van der Waals surface area contributed by atoms with Crippen molar-refractivity contribution in [2.45, 2.75) is 135 Å². The molecule has 0 amide bonds. The number of ether oxygens (including phenoxy) is 8. The van der Waals surface area contributed by atoms with E-state index in [-0.39, 0.29) is 5.04 Å². The van der Waals surface area contributed by atoms with Crippen LogP contribution in [0.1, 0.15) is 130 Å². The molecule has 10 heteroatoms. The van der Waals surface area contributed by atoms with Gasteiger partial charge in [-0.05, 0) is 21.8 Å². The van der Waals surface area contributed by atoms with Gasteiger partial charge in [-0.15, -0.1) is 0 Å². The number of hydrogen-bond acceptors (Lipinski definition) is 9. The highest BCUT2D eigenvalue weighted by Gasteiger charge is 2.50. The van der Waals surface area contributed by atoms with Crippen molar-refractivity contribution < 1.29 is 42.3 Å². The van der Waals surface area contributed by atoms with Gasteiger partial charge < -0.3 is 42.3 Å². The zero-order valence-electron chi connectivity index (χ0n) is 38.8. The summed E-state index contributed by atoms with van der Waals surface area (Å²) in [5.41, 5.74) is 0. The van der Waals surface area contributed by atoms with Crippen molar-refractivity contribution in [2.75, 3.05) is 112 Å². The fraction of sp³-hybridized carbons (Fsp3) is 0.760. The third-order valence-corrected chi connectivity index (χ3v) is 15.8. The van der Waals surface area contributed by atoms with Gasteiger partial charge in [-0.1, -0.05) is 185 Å². The molecule has 0 saturated heterocycles. The molecule has 2 rings (SSSR count). The smallest absolute Gasteiger partial charge is 0.261 e. The summed E-state index contributed by atoms with van der Waals surface area (Å²) in [7, 11) is -2.54. The molecule has 0 unspecified atom stereocenters. The Labute approximate surface area is 368 Å². The summed E-state index contributed by atoms with van der Waals surface area (Å²) < 4.78 is 52.1. The van der Waals surface area contributed by atoms with E-state index in [9.17, 15) is 0 Å². The molecule has 2 aromatic carbocycles. The van der Waals surface area contributed by atoms with Gasteiger partial charge >= 0.3 is 0 Å². The molecule has 0 radical (unpaired) electrons. The van der Waals surface area contributed by atoms with Gasteiger partial charge in [0.05, 0.1) is 106 Å². The van der Waals surface area contributed by atoms with Gasteiger partial charge in [-0.2, -0.15) is 0 Å². The second-order valence-electron chi connectivity index (χ2n) is 16.7. The molecule has 0 saturated carbocycles. The quantitative estimate of drug-likeness (QED) is 0.0478. The molecule has 0 aliphatic carbocycles. The van der Waals surface area contributed by atoms with Crippen molar-refractivity contribution >= 4 is 18.7 Å². The van der Waals surface area contributed by atoms with Crippen molar-refractivity contribution in [2.24, 2.45) is 0 Å². The molecule has 0 bridgehead atoms. The summed E-state index contributed by atoms with van der Waals surface area (Å²) in [6.45, 7) is 18.7. The van der Waals surface area contributed by atoms with Gasteiger partial charge in [0.2, 0.25) is 0 Å². The van der Waals surface area contributed by atoms with Crippen LogP contribution in [0.5, 0.6) is 0 Å². The molecule has 0 aliphatic heterocycles. The number of benzene rings is 2. The number of unbranched alkanes of at least 4 members (excludes halogenated alkanes) is 15. The van der Waals surface area contributed by atoms with Crippen LogP contribution in [-0.2, 0) is 42.3 Å². The molecule has 0 heterocycles. The van der Waals surface area contributed by atoms with Crippen LogP contribution in [0.25, 0.3) is 0 Å². The third-order valence-electron chi connectivity index (χ3n) is 10.7. The van der Waals surface area contributed by atoms with Crippen molar-refractivity contribution in [3.8, 4) is 0 Å². The van der Waals surface area contributed by atoms with E-state index >= 15 is 0 Å². The van der Waals surface area contributed by atoms with Crippen LogP contribution < -0.4 is 10.4 Å². The van der Waals surface area contributed by atoms with Gasteiger partial charge in [0.25, 0.3) is 8.32 Å². The van der Waals surface area contributed by atoms with E-state index in [0.717, 1.165) is 13.0 Å². The summed E-state index contributed by atoms with van der Waals surface area (Å²) in [6, 6.07) is 21.4. The predicted molar refractivity (Wildman–Crippen MR) is 250 cm³/mol. The first-order chi connectivity index (χ1) is 29.5. The van der Waals surface area contributed by atoms with E-state index in [1.165, 1.54) is 107 Å². The second kappa shape index (κ2) is 38.9. The molecule has 0 aromatic heterocycles. The van der Waals surface area contributed by atoms with Crippen molar-refractivity contribution in [3.63, 3.8) is 0 Å². The fourth-order valence-corrected chi connectivity index (χ4v) is 12.0. The lowest BCUT2D eigenvalue weighted by atomic mass is 10.0. The first-order valence-corrected chi connectivity index (χ1v) is 25.8. The average molecular weight is 861 g/mol. The average Bonchev–Trinajstić information content (AvgIpc) is 3.25. The summed E-state index contributed by atoms with van der Waals surface area (Å²) in [5.74, 6) is 0. The van der Waals surface area contributed by atoms with E-state index in [0.29, 0.717) is 106 Å². The molecule has 0 spiro atoms. The van der Waals surface area contributed by atoms with Crippen molar-refractivity contribution in [1.82, 2.24) is 0 Å². The molecule has 0 atom stereocenters. The lowest BCUT2D eigenvalue weighted by Crippen LogP contribution is -2.66. The standard InChI is InChI=1S/C50H88O9Si/c1-5-6-7-8-9-10-11-12-13-14-15-16-17-18-19-26-31-51-32-33-52-34-35-53-36-37-54-38-39-55-40-41-56-42-43-57-44-45-58-46-47-59-60(50(2,3)4,48-27-22-20-23-28-48)49-29-24-21-25-30-49/h20-25,27-30H,5-19,26,31-47H2,1-4H3. The minimum atomic E-state index is -2.54. The molecule has 0 fully saturated rings. The van der Waals surface area contributed by atoms with Crippen LogP contribution in [0.4, 0.5) is 0 Å². The van der Waals surface area contributed by atoms with Gasteiger partial charge in [0, 0.05) is 6.61 Å². The Morgan fingerprint density at radius 2 is 0.567 bits per heavy atom. The van der Waals surface area contributed by atoms with Crippen LogP contribution in [0.15, 0.2) is 60.7 Å². The van der Waals surface area contributed by atoms with E-state index in [4.69, 9.17) is 42.3 Å². The lowest BCUT2D eigenvalue weighted by Gasteiger charge is -2.43. The van der Waals surface area contributed by atoms with E-state index < -0.39 is 8.32 Å². The highest BCUT2D eigenvalue weighted by atomic mass is 28.4. The van der Waals surface area contributed by atoms with E-state index in [2.05, 4.69) is 88.4 Å². The Balaban J connectivity index is 1.25. The first-order valence-electron chi connectivity index (χ1n) is 23.9. The van der Waals surface area contributed by atoms with Crippen LogP contribution in [0, 0.1) is 0 Å². The Morgan fingerprint density at radius 3 is 0.850 bits per heavy atom. The Hall–Kier alpha value is -1.70. The van der Waals surface area contributed by atoms with Gasteiger partial charge in [0.1, 0.15) is 0 Å². The van der Waals surface area contributed by atoms with Crippen LogP contribution in [-0.4, -0.2) is 121 Å². The fourth-order valence-electron chi connectivity index (χ4n) is 7.41. The Bertz CT molecular complexity index is 1130. The lowest BCUT2D eigenvalue weighted by molar-refractivity contribution is -0.0237. The van der Waals surface area contributed by atoms with Gasteiger partial charge in [-0.25, -0.2) is 0 Å². The maximum atomic E-state index is 6.86. The largest absolute Gasteiger partial charge is 0.405 e. The Kier molecular flexibility index (Phi) is 35.3. The molecule has 0 N–H and O–H groups in total. The molecule has 2 aromatic rings. The first kappa shape index (κ1) is 54.4. The molecule has 0 aliphatic rings. The molecular formula is C50H88O9Si. The molecule has 346 valence electrons. The number of hydrogen-bond donors (Lipinski definition) is 0. The zero-order valence-corrected chi connectivity index (χ0v) is 39.8. The van der Waals surface area contributed by atoms with Gasteiger partial charge in [-0.3, -0.25) is 0 Å². The highest BCUT2D eigenvalue weighted by Crippen LogP contribution is 2.36. The normalized spacial score (nSPS) is 12.1. The van der Waals surface area contributed by atoms with Gasteiger partial charge in [0.15, 0.2) is 0 Å². The summed E-state index contributed by atoms with van der Waals surface area (Å²) in [6.07, 6.45) is 22.2. The Morgan fingerprint density at radius 1 is 0.317 bits per heavy atom. The van der Waals surface area contributed by atoms with Crippen LogP contribution in [0.2, 0.25) is 5.04 Å². The maximum Gasteiger partial charge on any atom is 0.261 e. The second-order valence-corrected chi connectivity index (χ2v) is 21.0. The summed E-state index contributed by atoms with van der Waals surface area (Å²) >= 11 is 0.